The fourth-order valence-corrected chi connectivity index (χ4v) is 3.82. The van der Waals surface area contributed by atoms with Gasteiger partial charge < -0.3 is 14.8 Å². The first-order chi connectivity index (χ1) is 14.8. The van der Waals surface area contributed by atoms with Crippen LogP contribution in [0, 0.1) is 6.92 Å². The Labute approximate surface area is 182 Å². The van der Waals surface area contributed by atoms with Gasteiger partial charge in [-0.15, -0.1) is 0 Å². The average Bonchev–Trinajstić information content (AvgIpc) is 2.73. The van der Waals surface area contributed by atoms with Crippen LogP contribution >= 0.6 is 0 Å². The van der Waals surface area contributed by atoms with Crippen molar-refractivity contribution >= 4 is 27.3 Å². The summed E-state index contributed by atoms with van der Waals surface area (Å²) in [5.41, 5.74) is 1.57. The van der Waals surface area contributed by atoms with Crippen molar-refractivity contribution in [2.45, 2.75) is 6.92 Å². The van der Waals surface area contributed by atoms with E-state index in [1.165, 1.54) is 7.11 Å². The number of nitrogens with zero attached hydrogens (tertiary/aromatic N) is 1. The van der Waals surface area contributed by atoms with E-state index in [0.29, 0.717) is 28.6 Å². The van der Waals surface area contributed by atoms with Crippen LogP contribution in [0.3, 0.4) is 0 Å². The molecule has 1 amide bonds. The normalized spacial score (nSPS) is 10.9. The molecule has 0 aliphatic heterocycles. The van der Waals surface area contributed by atoms with Crippen molar-refractivity contribution in [2.75, 3.05) is 29.5 Å². The van der Waals surface area contributed by atoms with Gasteiger partial charge in [-0.05, 0) is 48.9 Å². The first-order valence-corrected chi connectivity index (χ1v) is 11.4. The summed E-state index contributed by atoms with van der Waals surface area (Å²) in [5.74, 6) is 0.905. The molecule has 0 atom stereocenters. The van der Waals surface area contributed by atoms with Gasteiger partial charge in [0.15, 0.2) is 5.75 Å². The van der Waals surface area contributed by atoms with E-state index >= 15 is 0 Å². The Morgan fingerprint density at radius 2 is 1.65 bits per heavy atom. The quantitative estimate of drug-likeness (QED) is 0.567. The summed E-state index contributed by atoms with van der Waals surface area (Å²) < 4.78 is 37.1. The molecule has 0 radical (unpaired) electrons. The highest BCUT2D eigenvalue weighted by atomic mass is 32.2. The van der Waals surface area contributed by atoms with Crippen molar-refractivity contribution in [2.24, 2.45) is 0 Å². The molecule has 0 heterocycles. The molecule has 0 aliphatic carbocycles. The Bertz CT molecular complexity index is 1160. The number of carbonyl (C=O) groups excluding carboxylic acids is 1. The van der Waals surface area contributed by atoms with Gasteiger partial charge in [0.05, 0.1) is 24.7 Å². The summed E-state index contributed by atoms with van der Waals surface area (Å²) in [5, 5.41) is 2.74. The van der Waals surface area contributed by atoms with Crippen LogP contribution in [0.2, 0.25) is 0 Å². The van der Waals surface area contributed by atoms with Crippen molar-refractivity contribution in [3.63, 3.8) is 0 Å². The van der Waals surface area contributed by atoms with E-state index in [1.807, 2.05) is 25.1 Å². The first kappa shape index (κ1) is 22.2. The molecule has 7 nitrogen and oxygen atoms in total. The number of hydrogen-bond donors (Lipinski definition) is 1. The number of sulfonamides is 1. The summed E-state index contributed by atoms with van der Waals surface area (Å²) in [6.45, 7) is 1.42. The number of benzene rings is 3. The summed E-state index contributed by atoms with van der Waals surface area (Å²) in [4.78, 5) is 12.8. The van der Waals surface area contributed by atoms with Gasteiger partial charge in [0.2, 0.25) is 15.9 Å². The van der Waals surface area contributed by atoms with Gasteiger partial charge >= 0.3 is 0 Å². The molecule has 3 rings (SSSR count). The molecule has 0 saturated heterocycles. The Kier molecular flexibility index (Phi) is 6.81. The van der Waals surface area contributed by atoms with E-state index in [0.717, 1.165) is 16.1 Å². The summed E-state index contributed by atoms with van der Waals surface area (Å²) in [7, 11) is -2.30. The molecule has 0 aromatic heterocycles. The van der Waals surface area contributed by atoms with E-state index < -0.39 is 22.5 Å². The molecule has 0 spiro atoms. The highest BCUT2D eigenvalue weighted by Crippen LogP contribution is 2.32. The number of rotatable bonds is 8. The molecule has 3 aromatic carbocycles. The number of para-hydroxylation sites is 3. The van der Waals surface area contributed by atoms with Crippen molar-refractivity contribution in [3.8, 4) is 17.2 Å². The second-order valence-corrected chi connectivity index (χ2v) is 8.81. The fourth-order valence-electron chi connectivity index (χ4n) is 2.97. The molecule has 0 aliphatic rings. The van der Waals surface area contributed by atoms with Gasteiger partial charge in [0, 0.05) is 0 Å². The minimum absolute atomic E-state index is 0.300. The van der Waals surface area contributed by atoms with Crippen LogP contribution in [0.25, 0.3) is 0 Å². The van der Waals surface area contributed by atoms with Crippen LogP contribution < -0.4 is 19.1 Å². The van der Waals surface area contributed by atoms with E-state index in [4.69, 9.17) is 9.47 Å². The van der Waals surface area contributed by atoms with E-state index in [1.54, 1.807) is 54.6 Å². The lowest BCUT2D eigenvalue weighted by Crippen LogP contribution is -2.37. The Morgan fingerprint density at radius 3 is 2.32 bits per heavy atom. The standard InChI is InChI=1S/C23H24N2O5S/c1-17-13-14-22(29-2)20(15-17)25(31(3,27)28)16-23(26)24-19-11-7-8-12-21(19)30-18-9-5-4-6-10-18/h4-15H,16H2,1-3H3,(H,24,26). The first-order valence-electron chi connectivity index (χ1n) is 9.52. The van der Waals surface area contributed by atoms with Crippen molar-refractivity contribution in [1.82, 2.24) is 0 Å². The van der Waals surface area contributed by atoms with Gasteiger partial charge in [0.1, 0.15) is 18.0 Å². The summed E-state index contributed by atoms with van der Waals surface area (Å²) in [6, 6.07) is 21.3. The number of aryl methyl sites for hydroxylation is 1. The minimum Gasteiger partial charge on any atom is -0.495 e. The molecular weight excluding hydrogens is 416 g/mol. The Balaban J connectivity index is 1.84. The third-order valence-electron chi connectivity index (χ3n) is 4.42. The van der Waals surface area contributed by atoms with Crippen molar-refractivity contribution in [1.29, 1.82) is 0 Å². The minimum atomic E-state index is -3.75. The molecule has 0 unspecified atom stereocenters. The maximum absolute atomic E-state index is 12.8. The molecule has 0 bridgehead atoms. The van der Waals surface area contributed by atoms with Crippen molar-refractivity contribution < 1.29 is 22.7 Å². The highest BCUT2D eigenvalue weighted by Gasteiger charge is 2.24. The number of hydrogen-bond acceptors (Lipinski definition) is 5. The zero-order chi connectivity index (χ0) is 22.4. The molecule has 0 fully saturated rings. The Morgan fingerprint density at radius 1 is 0.968 bits per heavy atom. The molecular formula is C23H24N2O5S. The lowest BCUT2D eigenvalue weighted by molar-refractivity contribution is -0.114. The molecule has 162 valence electrons. The topological polar surface area (TPSA) is 84.9 Å². The highest BCUT2D eigenvalue weighted by molar-refractivity contribution is 7.92. The van der Waals surface area contributed by atoms with Crippen LogP contribution in [0.5, 0.6) is 17.2 Å². The lowest BCUT2D eigenvalue weighted by Gasteiger charge is -2.24. The maximum atomic E-state index is 12.8. The zero-order valence-corrected chi connectivity index (χ0v) is 18.3. The van der Waals surface area contributed by atoms with Crippen LogP contribution in [0.4, 0.5) is 11.4 Å². The number of ether oxygens (including phenoxy) is 2. The second kappa shape index (κ2) is 9.53. The van der Waals surface area contributed by atoms with Gasteiger partial charge in [-0.1, -0.05) is 36.4 Å². The van der Waals surface area contributed by atoms with Crippen LogP contribution in [-0.4, -0.2) is 34.2 Å². The van der Waals surface area contributed by atoms with Gasteiger partial charge in [-0.2, -0.15) is 0 Å². The zero-order valence-electron chi connectivity index (χ0n) is 17.5. The number of carbonyl (C=O) groups is 1. The fraction of sp³-hybridized carbons (Fsp3) is 0.174. The summed E-state index contributed by atoms with van der Waals surface area (Å²) in [6.07, 6.45) is 1.05. The smallest absolute Gasteiger partial charge is 0.245 e. The predicted octanol–water partition coefficient (Wildman–Crippen LogP) is 4.20. The SMILES string of the molecule is COc1ccc(C)cc1N(CC(=O)Nc1ccccc1Oc1ccccc1)S(C)(=O)=O. The molecule has 31 heavy (non-hydrogen) atoms. The van der Waals surface area contributed by atoms with Crippen LogP contribution in [-0.2, 0) is 14.8 Å². The third-order valence-corrected chi connectivity index (χ3v) is 5.55. The molecule has 0 saturated carbocycles. The van der Waals surface area contributed by atoms with Gasteiger partial charge in [-0.3, -0.25) is 9.10 Å². The molecule has 1 N–H and O–H groups in total. The Hall–Kier alpha value is -3.52. The maximum Gasteiger partial charge on any atom is 0.245 e. The molecule has 8 heteroatoms. The van der Waals surface area contributed by atoms with Gasteiger partial charge in [0.25, 0.3) is 0 Å². The number of anilines is 2. The number of methoxy groups -OCH3 is 1. The molecule has 3 aromatic rings. The van der Waals surface area contributed by atoms with Crippen molar-refractivity contribution in [3.05, 3.63) is 78.4 Å². The number of nitrogens with one attached hydrogen (secondary N) is 1. The monoisotopic (exact) mass is 440 g/mol. The van der Waals surface area contributed by atoms with E-state index in [2.05, 4.69) is 5.32 Å². The largest absolute Gasteiger partial charge is 0.495 e. The van der Waals surface area contributed by atoms with Crippen LogP contribution in [0.15, 0.2) is 72.8 Å². The number of amides is 1. The predicted molar refractivity (Wildman–Crippen MR) is 122 cm³/mol. The average molecular weight is 441 g/mol. The second-order valence-electron chi connectivity index (χ2n) is 6.90. The van der Waals surface area contributed by atoms with E-state index in [9.17, 15) is 13.2 Å². The summed E-state index contributed by atoms with van der Waals surface area (Å²) >= 11 is 0. The van der Waals surface area contributed by atoms with Crippen LogP contribution in [0.1, 0.15) is 5.56 Å². The van der Waals surface area contributed by atoms with E-state index in [-0.39, 0.29) is 0 Å². The third kappa shape index (κ3) is 5.76. The lowest BCUT2D eigenvalue weighted by atomic mass is 10.2. The van der Waals surface area contributed by atoms with Gasteiger partial charge in [-0.25, -0.2) is 8.42 Å².